The summed E-state index contributed by atoms with van der Waals surface area (Å²) in [7, 11) is 0. The van der Waals surface area contributed by atoms with Crippen molar-refractivity contribution in [3.8, 4) is 11.5 Å². The summed E-state index contributed by atoms with van der Waals surface area (Å²) in [6, 6.07) is 13.7. The Morgan fingerprint density at radius 2 is 1.90 bits per heavy atom. The SMILES string of the molecule is CSc1ccc(N2CC(C(=O)NCCc3ccc4c(c3)OCCO4)CC2=O)cc1. The first kappa shape index (κ1) is 19.6. The Balaban J connectivity index is 1.29. The van der Waals surface area contributed by atoms with Crippen LogP contribution in [0.15, 0.2) is 47.4 Å². The maximum atomic E-state index is 12.6. The minimum atomic E-state index is -0.317. The number of thioether (sulfide) groups is 1. The molecule has 0 aliphatic carbocycles. The number of benzene rings is 2. The lowest BCUT2D eigenvalue weighted by atomic mass is 10.1. The van der Waals surface area contributed by atoms with Gasteiger partial charge in [-0.1, -0.05) is 6.07 Å². The van der Waals surface area contributed by atoms with Crippen molar-refractivity contribution >= 4 is 29.3 Å². The fourth-order valence-corrected chi connectivity index (χ4v) is 4.02. The second kappa shape index (κ2) is 8.78. The van der Waals surface area contributed by atoms with Gasteiger partial charge in [0.2, 0.25) is 11.8 Å². The summed E-state index contributed by atoms with van der Waals surface area (Å²) in [6.07, 6.45) is 2.96. The van der Waals surface area contributed by atoms with Gasteiger partial charge in [-0.2, -0.15) is 0 Å². The molecule has 0 aromatic heterocycles. The van der Waals surface area contributed by atoms with E-state index >= 15 is 0 Å². The summed E-state index contributed by atoms with van der Waals surface area (Å²) in [6.45, 7) is 2.07. The van der Waals surface area contributed by atoms with Crippen molar-refractivity contribution in [2.24, 2.45) is 5.92 Å². The van der Waals surface area contributed by atoms with Gasteiger partial charge in [-0.05, 0) is 54.6 Å². The van der Waals surface area contributed by atoms with Crippen LogP contribution in [0.1, 0.15) is 12.0 Å². The zero-order chi connectivity index (χ0) is 20.2. The molecule has 0 bridgehead atoms. The number of carbonyl (C=O) groups is 2. The number of amides is 2. The summed E-state index contributed by atoms with van der Waals surface area (Å²) >= 11 is 1.66. The molecule has 7 heteroatoms. The van der Waals surface area contributed by atoms with Crippen LogP contribution < -0.4 is 19.7 Å². The van der Waals surface area contributed by atoms with E-state index in [1.54, 1.807) is 16.7 Å². The quantitative estimate of drug-likeness (QED) is 0.739. The van der Waals surface area contributed by atoms with E-state index in [1.165, 1.54) is 0 Å². The third kappa shape index (κ3) is 4.50. The van der Waals surface area contributed by atoms with Crippen LogP contribution in [0.3, 0.4) is 0 Å². The van der Waals surface area contributed by atoms with Gasteiger partial charge in [0, 0.05) is 30.1 Å². The van der Waals surface area contributed by atoms with Gasteiger partial charge in [0.1, 0.15) is 13.2 Å². The Bertz CT molecular complexity index is 900. The first-order valence-corrected chi connectivity index (χ1v) is 11.0. The van der Waals surface area contributed by atoms with Gasteiger partial charge in [0.15, 0.2) is 11.5 Å². The number of ether oxygens (including phenoxy) is 2. The average molecular weight is 413 g/mol. The molecule has 2 aliphatic rings. The van der Waals surface area contributed by atoms with Crippen LogP contribution in [0.25, 0.3) is 0 Å². The number of nitrogens with zero attached hydrogens (tertiary/aromatic N) is 1. The maximum Gasteiger partial charge on any atom is 0.227 e. The van der Waals surface area contributed by atoms with Crippen molar-refractivity contribution in [1.82, 2.24) is 5.32 Å². The molecule has 1 fully saturated rings. The Morgan fingerprint density at radius 1 is 1.14 bits per heavy atom. The van der Waals surface area contributed by atoms with Crippen LogP contribution in [0, 0.1) is 5.92 Å². The number of hydrogen-bond donors (Lipinski definition) is 1. The van der Waals surface area contributed by atoms with Crippen molar-refractivity contribution in [1.29, 1.82) is 0 Å². The van der Waals surface area contributed by atoms with Crippen molar-refractivity contribution in [2.45, 2.75) is 17.7 Å². The van der Waals surface area contributed by atoms with Crippen LogP contribution in [-0.4, -0.2) is 44.4 Å². The molecule has 1 unspecified atom stereocenters. The van der Waals surface area contributed by atoms with E-state index < -0.39 is 0 Å². The van der Waals surface area contributed by atoms with Crippen LogP contribution in [0.5, 0.6) is 11.5 Å². The normalized spacial score (nSPS) is 18.0. The van der Waals surface area contributed by atoms with E-state index in [1.807, 2.05) is 48.7 Å². The molecule has 29 heavy (non-hydrogen) atoms. The highest BCUT2D eigenvalue weighted by atomic mass is 32.2. The van der Waals surface area contributed by atoms with E-state index in [0.717, 1.165) is 27.6 Å². The van der Waals surface area contributed by atoms with E-state index in [4.69, 9.17) is 9.47 Å². The molecule has 2 aromatic rings. The van der Waals surface area contributed by atoms with Gasteiger partial charge >= 0.3 is 0 Å². The van der Waals surface area contributed by atoms with Crippen molar-refractivity contribution < 1.29 is 19.1 Å². The first-order valence-electron chi connectivity index (χ1n) is 9.74. The van der Waals surface area contributed by atoms with Crippen LogP contribution in [-0.2, 0) is 16.0 Å². The number of carbonyl (C=O) groups excluding carboxylic acids is 2. The van der Waals surface area contributed by atoms with Crippen LogP contribution in [0.2, 0.25) is 0 Å². The second-order valence-electron chi connectivity index (χ2n) is 7.12. The predicted molar refractivity (Wildman–Crippen MR) is 113 cm³/mol. The van der Waals surface area contributed by atoms with Crippen molar-refractivity contribution in [3.63, 3.8) is 0 Å². The number of nitrogens with one attached hydrogen (secondary N) is 1. The van der Waals surface area contributed by atoms with Gasteiger partial charge in [0.05, 0.1) is 5.92 Å². The van der Waals surface area contributed by atoms with Gasteiger partial charge in [0.25, 0.3) is 0 Å². The standard InChI is InChI=1S/C22H24N2O4S/c1-29-18-5-3-17(4-6-18)24-14-16(13-21(24)25)22(26)23-9-8-15-2-7-19-20(12-15)28-11-10-27-19/h2-7,12,16H,8-11,13-14H2,1H3,(H,23,26). The van der Waals surface area contributed by atoms with Gasteiger partial charge in [-0.15, -0.1) is 11.8 Å². The molecule has 4 rings (SSSR count). The van der Waals surface area contributed by atoms with Crippen molar-refractivity contribution in [3.05, 3.63) is 48.0 Å². The predicted octanol–water partition coefficient (Wildman–Crippen LogP) is 2.89. The third-order valence-corrected chi connectivity index (χ3v) is 5.94. The molecule has 1 saturated heterocycles. The molecule has 1 atom stereocenters. The topological polar surface area (TPSA) is 67.9 Å². The molecule has 0 saturated carbocycles. The minimum absolute atomic E-state index is 0.00566. The van der Waals surface area contributed by atoms with E-state index in [-0.39, 0.29) is 24.2 Å². The lowest BCUT2D eigenvalue weighted by Crippen LogP contribution is -2.34. The molecular weight excluding hydrogens is 388 g/mol. The number of anilines is 1. The second-order valence-corrected chi connectivity index (χ2v) is 8.00. The molecule has 2 heterocycles. The largest absolute Gasteiger partial charge is 0.486 e. The summed E-state index contributed by atoms with van der Waals surface area (Å²) in [5, 5.41) is 2.97. The van der Waals surface area contributed by atoms with E-state index in [9.17, 15) is 9.59 Å². The molecular formula is C22H24N2O4S. The van der Waals surface area contributed by atoms with E-state index in [2.05, 4.69) is 5.32 Å². The molecule has 0 spiro atoms. The lowest BCUT2D eigenvalue weighted by Gasteiger charge is -2.19. The maximum absolute atomic E-state index is 12.6. The fourth-order valence-electron chi connectivity index (χ4n) is 3.61. The molecule has 152 valence electrons. The molecule has 6 nitrogen and oxygen atoms in total. The number of hydrogen-bond acceptors (Lipinski definition) is 5. The number of rotatable bonds is 6. The first-order chi connectivity index (χ1) is 14.1. The number of fused-ring (bicyclic) bond motifs is 1. The van der Waals surface area contributed by atoms with E-state index in [0.29, 0.717) is 32.7 Å². The van der Waals surface area contributed by atoms with Crippen LogP contribution >= 0.6 is 11.8 Å². The Hall–Kier alpha value is -2.67. The Kier molecular flexibility index (Phi) is 5.94. The molecule has 2 aliphatic heterocycles. The third-order valence-electron chi connectivity index (χ3n) is 5.20. The smallest absolute Gasteiger partial charge is 0.227 e. The molecule has 1 N–H and O–H groups in total. The highest BCUT2D eigenvalue weighted by molar-refractivity contribution is 7.98. The average Bonchev–Trinajstić information content (AvgIpc) is 3.15. The molecule has 0 radical (unpaired) electrons. The summed E-state index contributed by atoms with van der Waals surface area (Å²) < 4.78 is 11.1. The van der Waals surface area contributed by atoms with Crippen molar-refractivity contribution in [2.75, 3.05) is 37.5 Å². The zero-order valence-electron chi connectivity index (χ0n) is 16.3. The summed E-state index contributed by atoms with van der Waals surface area (Å²) in [4.78, 5) is 27.8. The Morgan fingerprint density at radius 3 is 2.66 bits per heavy atom. The molecule has 2 amide bonds. The monoisotopic (exact) mass is 412 g/mol. The van der Waals surface area contributed by atoms with Gasteiger partial charge in [-0.3, -0.25) is 9.59 Å². The molecule has 2 aromatic carbocycles. The summed E-state index contributed by atoms with van der Waals surface area (Å²) in [5.41, 5.74) is 1.92. The van der Waals surface area contributed by atoms with Gasteiger partial charge in [-0.25, -0.2) is 0 Å². The fraction of sp³-hybridized carbons (Fsp3) is 0.364. The van der Waals surface area contributed by atoms with Crippen LogP contribution in [0.4, 0.5) is 5.69 Å². The minimum Gasteiger partial charge on any atom is -0.486 e. The Labute approximate surface area is 174 Å². The summed E-state index contributed by atoms with van der Waals surface area (Å²) in [5.74, 6) is 1.12. The van der Waals surface area contributed by atoms with Gasteiger partial charge < -0.3 is 19.7 Å². The lowest BCUT2D eigenvalue weighted by molar-refractivity contribution is -0.126. The highest BCUT2D eigenvalue weighted by Gasteiger charge is 2.34. The zero-order valence-corrected chi connectivity index (χ0v) is 17.2. The highest BCUT2D eigenvalue weighted by Crippen LogP contribution is 2.31.